The van der Waals surface area contributed by atoms with Crippen molar-refractivity contribution in [1.29, 1.82) is 0 Å². The molecule has 0 aromatic rings. The molecule has 0 bridgehead atoms. The number of hydrogen-bond donors (Lipinski definition) is 0. The monoisotopic (exact) mass is 147 g/mol. The zero-order chi connectivity index (χ0) is 6.85. The minimum atomic E-state index is 0.418. The molecular weight excluding hydrogens is 134 g/mol. The van der Waals surface area contributed by atoms with Crippen molar-refractivity contribution in [3.05, 3.63) is 0 Å². The van der Waals surface area contributed by atoms with Crippen LogP contribution in [0.4, 0.5) is 0 Å². The van der Waals surface area contributed by atoms with Gasteiger partial charge in [-0.05, 0) is 25.9 Å². The third kappa shape index (κ3) is 1.84. The topological polar surface area (TPSA) is 3.24 Å². The Morgan fingerprint density at radius 3 is 2.67 bits per heavy atom. The Kier molecular flexibility index (Phi) is 2.36. The van der Waals surface area contributed by atoms with Crippen molar-refractivity contribution < 1.29 is 0 Å². The lowest BCUT2D eigenvalue weighted by atomic mass is 10.0. The van der Waals surface area contributed by atoms with E-state index in [1.165, 1.54) is 6.54 Å². The SMILES string of the molecule is CC1CN(C)CCC1Cl. The van der Waals surface area contributed by atoms with E-state index in [2.05, 4.69) is 18.9 Å². The molecule has 1 aliphatic heterocycles. The Morgan fingerprint density at radius 2 is 2.22 bits per heavy atom. The van der Waals surface area contributed by atoms with E-state index in [1.807, 2.05) is 0 Å². The van der Waals surface area contributed by atoms with Crippen LogP contribution in [0.5, 0.6) is 0 Å². The zero-order valence-electron chi connectivity index (χ0n) is 6.10. The molecule has 2 atom stereocenters. The minimum absolute atomic E-state index is 0.418. The van der Waals surface area contributed by atoms with E-state index in [9.17, 15) is 0 Å². The second-order valence-corrected chi connectivity index (χ2v) is 3.60. The molecule has 0 saturated carbocycles. The maximum absolute atomic E-state index is 6.01. The molecule has 1 fully saturated rings. The zero-order valence-corrected chi connectivity index (χ0v) is 6.86. The number of piperidine rings is 1. The first-order valence-corrected chi connectivity index (χ1v) is 3.96. The quantitative estimate of drug-likeness (QED) is 0.470. The number of nitrogens with zero attached hydrogens (tertiary/aromatic N) is 1. The second kappa shape index (κ2) is 2.89. The van der Waals surface area contributed by atoms with Gasteiger partial charge in [-0.3, -0.25) is 0 Å². The predicted molar refractivity (Wildman–Crippen MR) is 40.9 cm³/mol. The van der Waals surface area contributed by atoms with Crippen molar-refractivity contribution in [1.82, 2.24) is 4.90 Å². The van der Waals surface area contributed by atoms with Crippen LogP contribution in [-0.2, 0) is 0 Å². The molecule has 1 nitrogen and oxygen atoms in total. The van der Waals surface area contributed by atoms with Crippen LogP contribution in [0.15, 0.2) is 0 Å². The first-order valence-electron chi connectivity index (χ1n) is 3.53. The van der Waals surface area contributed by atoms with Gasteiger partial charge in [-0.2, -0.15) is 0 Å². The molecule has 0 aromatic carbocycles. The summed E-state index contributed by atoms with van der Waals surface area (Å²) in [5, 5.41) is 0.418. The van der Waals surface area contributed by atoms with Crippen LogP contribution < -0.4 is 0 Å². The van der Waals surface area contributed by atoms with Crippen molar-refractivity contribution in [3.63, 3.8) is 0 Å². The number of rotatable bonds is 0. The second-order valence-electron chi connectivity index (χ2n) is 3.04. The van der Waals surface area contributed by atoms with Crippen molar-refractivity contribution in [3.8, 4) is 0 Å². The van der Waals surface area contributed by atoms with E-state index < -0.39 is 0 Å². The summed E-state index contributed by atoms with van der Waals surface area (Å²) < 4.78 is 0. The molecule has 1 rings (SSSR count). The summed E-state index contributed by atoms with van der Waals surface area (Å²) in [5.41, 5.74) is 0. The van der Waals surface area contributed by atoms with E-state index in [4.69, 9.17) is 11.6 Å². The van der Waals surface area contributed by atoms with E-state index >= 15 is 0 Å². The third-order valence-corrected chi connectivity index (χ3v) is 2.65. The predicted octanol–water partition coefficient (Wildman–Crippen LogP) is 1.57. The van der Waals surface area contributed by atoms with Crippen LogP contribution in [0.1, 0.15) is 13.3 Å². The number of likely N-dealkylation sites (tertiary alicyclic amines) is 1. The molecule has 1 saturated heterocycles. The summed E-state index contributed by atoms with van der Waals surface area (Å²) in [6.45, 7) is 4.54. The van der Waals surface area contributed by atoms with Gasteiger partial charge in [0.05, 0.1) is 0 Å². The fourth-order valence-electron chi connectivity index (χ4n) is 1.33. The summed E-state index contributed by atoms with van der Waals surface area (Å²) in [6, 6.07) is 0. The largest absolute Gasteiger partial charge is 0.306 e. The molecular formula is C7H14ClN. The van der Waals surface area contributed by atoms with Gasteiger partial charge in [0.1, 0.15) is 0 Å². The van der Waals surface area contributed by atoms with Crippen molar-refractivity contribution in [2.24, 2.45) is 5.92 Å². The highest BCUT2D eigenvalue weighted by Crippen LogP contribution is 2.19. The fourth-order valence-corrected chi connectivity index (χ4v) is 1.50. The van der Waals surface area contributed by atoms with E-state index in [0.717, 1.165) is 13.0 Å². The first-order chi connectivity index (χ1) is 4.20. The van der Waals surface area contributed by atoms with Crippen LogP contribution >= 0.6 is 11.6 Å². The van der Waals surface area contributed by atoms with Gasteiger partial charge in [0.25, 0.3) is 0 Å². The summed E-state index contributed by atoms with van der Waals surface area (Å²) in [5.74, 6) is 0.672. The highest BCUT2D eigenvalue weighted by atomic mass is 35.5. The molecule has 0 aliphatic carbocycles. The molecule has 0 radical (unpaired) electrons. The van der Waals surface area contributed by atoms with Gasteiger partial charge in [-0.15, -0.1) is 11.6 Å². The van der Waals surface area contributed by atoms with Crippen LogP contribution in [0, 0.1) is 5.92 Å². The van der Waals surface area contributed by atoms with Crippen LogP contribution in [0.3, 0.4) is 0 Å². The Labute approximate surface area is 62.0 Å². The number of alkyl halides is 1. The Morgan fingerprint density at radius 1 is 1.56 bits per heavy atom. The third-order valence-electron chi connectivity index (χ3n) is 2.00. The van der Waals surface area contributed by atoms with E-state index in [1.54, 1.807) is 0 Å². The van der Waals surface area contributed by atoms with Crippen molar-refractivity contribution >= 4 is 11.6 Å². The first kappa shape index (κ1) is 7.36. The molecule has 9 heavy (non-hydrogen) atoms. The van der Waals surface area contributed by atoms with Crippen LogP contribution in [0.25, 0.3) is 0 Å². The lowest BCUT2D eigenvalue weighted by Crippen LogP contribution is -2.37. The molecule has 2 heteroatoms. The minimum Gasteiger partial charge on any atom is -0.306 e. The highest BCUT2D eigenvalue weighted by molar-refractivity contribution is 6.20. The summed E-state index contributed by atoms with van der Waals surface area (Å²) in [6.07, 6.45) is 1.15. The maximum Gasteiger partial charge on any atom is 0.0386 e. The molecule has 54 valence electrons. The van der Waals surface area contributed by atoms with Gasteiger partial charge in [0, 0.05) is 11.9 Å². The number of halogens is 1. The van der Waals surface area contributed by atoms with Crippen LogP contribution in [-0.4, -0.2) is 30.4 Å². The Bertz CT molecular complexity index is 94.9. The molecule has 0 N–H and O–H groups in total. The van der Waals surface area contributed by atoms with E-state index in [0.29, 0.717) is 11.3 Å². The average Bonchev–Trinajstić information content (AvgIpc) is 1.80. The molecule has 1 heterocycles. The Balaban J connectivity index is 2.35. The van der Waals surface area contributed by atoms with Gasteiger partial charge in [-0.25, -0.2) is 0 Å². The van der Waals surface area contributed by atoms with Gasteiger partial charge < -0.3 is 4.90 Å². The van der Waals surface area contributed by atoms with Gasteiger partial charge in [0.2, 0.25) is 0 Å². The molecule has 0 amide bonds. The average molecular weight is 148 g/mol. The smallest absolute Gasteiger partial charge is 0.0386 e. The Hall–Kier alpha value is 0.250. The van der Waals surface area contributed by atoms with E-state index in [-0.39, 0.29) is 0 Å². The lowest BCUT2D eigenvalue weighted by Gasteiger charge is -2.30. The normalized spacial score (nSPS) is 39.0. The standard InChI is InChI=1S/C7H14ClN/c1-6-5-9(2)4-3-7(6)8/h6-7H,3-5H2,1-2H3. The summed E-state index contributed by atoms with van der Waals surface area (Å²) >= 11 is 6.01. The van der Waals surface area contributed by atoms with Crippen molar-refractivity contribution in [2.75, 3.05) is 20.1 Å². The molecule has 1 aliphatic rings. The summed E-state index contributed by atoms with van der Waals surface area (Å²) in [7, 11) is 2.15. The maximum atomic E-state index is 6.01. The van der Waals surface area contributed by atoms with Gasteiger partial charge in [-0.1, -0.05) is 6.92 Å². The highest BCUT2D eigenvalue weighted by Gasteiger charge is 2.21. The fraction of sp³-hybridized carbons (Fsp3) is 1.00. The van der Waals surface area contributed by atoms with Crippen LogP contribution in [0.2, 0.25) is 0 Å². The van der Waals surface area contributed by atoms with Gasteiger partial charge in [0.15, 0.2) is 0 Å². The molecule has 0 aromatic heterocycles. The summed E-state index contributed by atoms with van der Waals surface area (Å²) in [4.78, 5) is 2.34. The molecule has 2 unspecified atom stereocenters. The molecule has 0 spiro atoms. The number of hydrogen-bond acceptors (Lipinski definition) is 1. The van der Waals surface area contributed by atoms with Crippen molar-refractivity contribution in [2.45, 2.75) is 18.7 Å². The lowest BCUT2D eigenvalue weighted by molar-refractivity contribution is 0.225. The van der Waals surface area contributed by atoms with Gasteiger partial charge >= 0.3 is 0 Å².